The molecule has 1 aliphatic rings. The van der Waals surface area contributed by atoms with Crippen molar-refractivity contribution in [2.24, 2.45) is 5.92 Å². The molecular weight excluding hydrogens is 248 g/mol. The molecule has 1 atom stereocenters. The number of anilines is 1. The molecule has 0 spiro atoms. The molecule has 3 rings (SSSR count). The number of fused-ring (bicyclic) bond motifs is 1. The first-order valence-corrected chi connectivity index (χ1v) is 6.90. The van der Waals surface area contributed by atoms with Crippen molar-refractivity contribution in [3.05, 3.63) is 24.6 Å². The predicted molar refractivity (Wildman–Crippen MR) is 74.3 cm³/mol. The van der Waals surface area contributed by atoms with Crippen LogP contribution in [0.2, 0.25) is 0 Å². The van der Waals surface area contributed by atoms with Gasteiger partial charge in [-0.05, 0) is 37.8 Å². The molecule has 1 aliphatic heterocycles. The fraction of sp³-hybridized carbons (Fsp3) is 0.500. The summed E-state index contributed by atoms with van der Waals surface area (Å²) in [5, 5.41) is 1.37. The molecule has 2 aromatic rings. The molecule has 0 aliphatic carbocycles. The number of furan rings is 1. The number of hydrogen-bond donors (Lipinski definition) is 0. The summed E-state index contributed by atoms with van der Waals surface area (Å²) in [6, 6.07) is 3.90. The lowest BCUT2D eigenvalue weighted by molar-refractivity contribution is 0.399. The van der Waals surface area contributed by atoms with Gasteiger partial charge in [-0.2, -0.15) is 0 Å². The van der Waals surface area contributed by atoms with Crippen LogP contribution in [0.4, 0.5) is 5.82 Å². The van der Waals surface area contributed by atoms with Crippen LogP contribution in [0.25, 0.3) is 11.0 Å². The van der Waals surface area contributed by atoms with Crippen molar-refractivity contribution in [2.75, 3.05) is 18.0 Å². The van der Waals surface area contributed by atoms with E-state index in [-0.39, 0.29) is 5.38 Å². The summed E-state index contributed by atoms with van der Waals surface area (Å²) in [4.78, 5) is 6.85. The largest absolute Gasteiger partial charge is 0.464 e. The Morgan fingerprint density at radius 2 is 2.17 bits per heavy atom. The highest BCUT2D eigenvalue weighted by Gasteiger charge is 2.24. The molecule has 0 aromatic carbocycles. The summed E-state index contributed by atoms with van der Waals surface area (Å²) >= 11 is 6.18. The number of hydrogen-bond acceptors (Lipinski definition) is 3. The van der Waals surface area contributed by atoms with Gasteiger partial charge in [0.25, 0.3) is 0 Å². The molecular formula is C14H17ClN2O. The Kier molecular flexibility index (Phi) is 3.16. The van der Waals surface area contributed by atoms with Crippen molar-refractivity contribution in [2.45, 2.75) is 25.1 Å². The number of piperidine rings is 1. The Hall–Kier alpha value is -1.22. The number of aromatic nitrogens is 1. The number of alkyl halides is 1. The molecule has 18 heavy (non-hydrogen) atoms. The first-order chi connectivity index (χ1) is 8.75. The van der Waals surface area contributed by atoms with Gasteiger partial charge in [-0.1, -0.05) is 0 Å². The van der Waals surface area contributed by atoms with Crippen LogP contribution in [0, 0.1) is 5.92 Å². The number of rotatable bonds is 2. The van der Waals surface area contributed by atoms with Gasteiger partial charge in [-0.3, -0.25) is 0 Å². The normalized spacial score (nSPS) is 19.3. The second-order valence-electron chi connectivity index (χ2n) is 4.97. The molecule has 96 valence electrons. The molecule has 0 saturated carbocycles. The third-order valence-corrected chi connectivity index (χ3v) is 4.20. The standard InChI is InChI=1S/C14H17ClN2O/c1-10(15)11-3-7-17(8-4-11)14-12-5-9-18-13(12)2-6-16-14/h2,5-6,9-11H,3-4,7-8H2,1H3. The highest BCUT2D eigenvalue weighted by molar-refractivity contribution is 6.20. The molecule has 0 radical (unpaired) electrons. The first kappa shape index (κ1) is 11.8. The van der Waals surface area contributed by atoms with E-state index in [0.29, 0.717) is 5.92 Å². The number of nitrogens with zero attached hydrogens (tertiary/aromatic N) is 2. The van der Waals surface area contributed by atoms with Gasteiger partial charge in [0.05, 0.1) is 11.6 Å². The van der Waals surface area contributed by atoms with Crippen LogP contribution in [0.1, 0.15) is 19.8 Å². The summed E-state index contributed by atoms with van der Waals surface area (Å²) in [5.74, 6) is 1.67. The minimum Gasteiger partial charge on any atom is -0.464 e. The minimum atomic E-state index is 0.268. The summed E-state index contributed by atoms with van der Waals surface area (Å²) in [6.45, 7) is 4.15. The van der Waals surface area contributed by atoms with Gasteiger partial charge in [0.15, 0.2) is 0 Å². The van der Waals surface area contributed by atoms with Crippen molar-refractivity contribution in [3.63, 3.8) is 0 Å². The topological polar surface area (TPSA) is 29.3 Å². The van der Waals surface area contributed by atoms with E-state index in [4.69, 9.17) is 16.0 Å². The van der Waals surface area contributed by atoms with Crippen molar-refractivity contribution >= 4 is 28.4 Å². The summed E-state index contributed by atoms with van der Waals surface area (Å²) in [5.41, 5.74) is 0.910. The molecule has 1 fully saturated rings. The van der Waals surface area contributed by atoms with E-state index in [1.54, 1.807) is 6.26 Å². The van der Waals surface area contributed by atoms with Crippen LogP contribution in [-0.4, -0.2) is 23.5 Å². The molecule has 2 aromatic heterocycles. The van der Waals surface area contributed by atoms with Gasteiger partial charge >= 0.3 is 0 Å². The van der Waals surface area contributed by atoms with Crippen molar-refractivity contribution < 1.29 is 4.42 Å². The van der Waals surface area contributed by atoms with Gasteiger partial charge in [0, 0.05) is 24.7 Å². The van der Waals surface area contributed by atoms with Gasteiger partial charge in [-0.25, -0.2) is 4.98 Å². The molecule has 1 unspecified atom stereocenters. The summed E-state index contributed by atoms with van der Waals surface area (Å²) in [6.07, 6.45) is 5.82. The van der Waals surface area contributed by atoms with E-state index in [1.807, 2.05) is 18.3 Å². The quantitative estimate of drug-likeness (QED) is 0.775. The lowest BCUT2D eigenvalue weighted by Gasteiger charge is -2.34. The zero-order valence-corrected chi connectivity index (χ0v) is 11.2. The van der Waals surface area contributed by atoms with Crippen LogP contribution in [0.15, 0.2) is 29.0 Å². The Morgan fingerprint density at radius 1 is 1.39 bits per heavy atom. The van der Waals surface area contributed by atoms with Gasteiger partial charge in [0.1, 0.15) is 11.4 Å². The number of halogens is 1. The minimum absolute atomic E-state index is 0.268. The maximum absolute atomic E-state index is 6.18. The van der Waals surface area contributed by atoms with E-state index in [9.17, 15) is 0 Å². The first-order valence-electron chi connectivity index (χ1n) is 6.47. The third-order valence-electron chi connectivity index (χ3n) is 3.85. The smallest absolute Gasteiger partial charge is 0.139 e. The average Bonchev–Trinajstić information content (AvgIpc) is 2.87. The van der Waals surface area contributed by atoms with Crippen LogP contribution in [0.5, 0.6) is 0 Å². The predicted octanol–water partition coefficient (Wildman–Crippen LogP) is 3.67. The molecule has 0 N–H and O–H groups in total. The molecule has 0 bridgehead atoms. The van der Waals surface area contributed by atoms with E-state index in [2.05, 4.69) is 16.8 Å². The Labute approximate surface area is 112 Å². The van der Waals surface area contributed by atoms with Crippen LogP contribution in [-0.2, 0) is 0 Å². The van der Waals surface area contributed by atoms with E-state index < -0.39 is 0 Å². The van der Waals surface area contributed by atoms with E-state index >= 15 is 0 Å². The SMILES string of the molecule is CC(Cl)C1CCN(c2nccc3occc23)CC1. The molecule has 3 nitrogen and oxygen atoms in total. The second-order valence-corrected chi connectivity index (χ2v) is 5.66. The van der Waals surface area contributed by atoms with Gasteiger partial charge in [0.2, 0.25) is 0 Å². The number of pyridine rings is 1. The summed E-state index contributed by atoms with van der Waals surface area (Å²) in [7, 11) is 0. The average molecular weight is 265 g/mol. The fourth-order valence-corrected chi connectivity index (χ4v) is 2.95. The van der Waals surface area contributed by atoms with Crippen molar-refractivity contribution in [3.8, 4) is 0 Å². The van der Waals surface area contributed by atoms with Gasteiger partial charge in [-0.15, -0.1) is 11.6 Å². The highest BCUT2D eigenvalue weighted by atomic mass is 35.5. The fourth-order valence-electron chi connectivity index (χ4n) is 2.70. The molecule has 4 heteroatoms. The van der Waals surface area contributed by atoms with E-state index in [1.165, 1.54) is 0 Å². The highest BCUT2D eigenvalue weighted by Crippen LogP contribution is 2.30. The Bertz CT molecular complexity index is 529. The second kappa shape index (κ2) is 4.81. The Morgan fingerprint density at radius 3 is 2.89 bits per heavy atom. The lowest BCUT2D eigenvalue weighted by atomic mass is 9.94. The summed E-state index contributed by atoms with van der Waals surface area (Å²) < 4.78 is 5.42. The van der Waals surface area contributed by atoms with Crippen molar-refractivity contribution in [1.29, 1.82) is 0 Å². The lowest BCUT2D eigenvalue weighted by Crippen LogP contribution is -2.36. The van der Waals surface area contributed by atoms with Crippen LogP contribution in [0.3, 0.4) is 0 Å². The van der Waals surface area contributed by atoms with E-state index in [0.717, 1.165) is 42.7 Å². The maximum atomic E-state index is 6.18. The van der Waals surface area contributed by atoms with Crippen LogP contribution < -0.4 is 4.90 Å². The Balaban J connectivity index is 1.82. The van der Waals surface area contributed by atoms with Gasteiger partial charge < -0.3 is 9.32 Å². The maximum Gasteiger partial charge on any atom is 0.139 e. The van der Waals surface area contributed by atoms with Crippen molar-refractivity contribution in [1.82, 2.24) is 4.98 Å². The zero-order valence-electron chi connectivity index (χ0n) is 10.5. The molecule has 3 heterocycles. The third kappa shape index (κ3) is 2.07. The monoisotopic (exact) mass is 264 g/mol. The zero-order chi connectivity index (χ0) is 12.5. The van der Waals surface area contributed by atoms with Crippen LogP contribution >= 0.6 is 11.6 Å². The molecule has 1 saturated heterocycles. The molecule has 0 amide bonds.